The average Bonchev–Trinajstić information content (AvgIpc) is 2.69. The summed E-state index contributed by atoms with van der Waals surface area (Å²) in [6, 6.07) is 0. The van der Waals surface area contributed by atoms with E-state index in [0.29, 0.717) is 12.8 Å². The molecule has 0 aromatic carbocycles. The topological polar surface area (TPSA) is 112 Å². The van der Waals surface area contributed by atoms with Crippen LogP contribution in [0.2, 0.25) is 0 Å². The van der Waals surface area contributed by atoms with Crippen LogP contribution >= 0.6 is 0 Å². The van der Waals surface area contributed by atoms with Crippen LogP contribution in [0, 0.1) is 11.3 Å². The zero-order valence-electron chi connectivity index (χ0n) is 19.0. The fourth-order valence-corrected chi connectivity index (χ4v) is 2.80. The Morgan fingerprint density at radius 3 is 1.81 bits per heavy atom. The van der Waals surface area contributed by atoms with Crippen LogP contribution in [-0.4, -0.2) is 60.6 Å². The molecular formula is C21H34N2O8. The summed E-state index contributed by atoms with van der Waals surface area (Å²) in [5.41, 5.74) is -0.326. The average molecular weight is 443 g/mol. The second-order valence-electron chi connectivity index (χ2n) is 7.51. The van der Waals surface area contributed by atoms with E-state index in [1.165, 1.54) is 0 Å². The maximum Gasteiger partial charge on any atom is 0.443 e. The van der Waals surface area contributed by atoms with Crippen molar-refractivity contribution >= 4 is 24.1 Å². The Labute approximate surface area is 183 Å². The van der Waals surface area contributed by atoms with Gasteiger partial charge in [0.25, 0.3) is 0 Å². The van der Waals surface area contributed by atoms with Crippen molar-refractivity contribution in [2.45, 2.75) is 47.5 Å². The number of carbonyl (C=O) groups is 4. The molecule has 0 aliphatic carbocycles. The summed E-state index contributed by atoms with van der Waals surface area (Å²) in [6.45, 7) is 16.2. The van der Waals surface area contributed by atoms with Crippen molar-refractivity contribution in [3.05, 3.63) is 25.3 Å². The molecule has 0 aliphatic heterocycles. The molecule has 0 bridgehead atoms. The first-order valence-corrected chi connectivity index (χ1v) is 10.1. The van der Waals surface area contributed by atoms with E-state index < -0.39 is 24.1 Å². The van der Waals surface area contributed by atoms with Crippen molar-refractivity contribution in [1.82, 2.24) is 10.1 Å². The van der Waals surface area contributed by atoms with Gasteiger partial charge in [0, 0.05) is 12.2 Å². The monoisotopic (exact) mass is 442 g/mol. The molecule has 0 radical (unpaired) electrons. The van der Waals surface area contributed by atoms with Gasteiger partial charge < -0.3 is 19.1 Å². The number of hydrogen-bond acceptors (Lipinski definition) is 8. The molecule has 10 heteroatoms. The molecule has 0 rings (SSSR count). The maximum atomic E-state index is 12.1. The Balaban J connectivity index is 5.03. The molecule has 0 aromatic heterocycles. The molecule has 1 unspecified atom stereocenters. The Morgan fingerprint density at radius 1 is 0.903 bits per heavy atom. The van der Waals surface area contributed by atoms with Gasteiger partial charge >= 0.3 is 24.1 Å². The second kappa shape index (κ2) is 14.1. The summed E-state index contributed by atoms with van der Waals surface area (Å²) in [4.78, 5) is 57.0. The first-order valence-electron chi connectivity index (χ1n) is 10.1. The third-order valence-corrected chi connectivity index (χ3v) is 4.05. The van der Waals surface area contributed by atoms with Crippen LogP contribution in [0.1, 0.15) is 47.5 Å². The quantitative estimate of drug-likeness (QED) is 0.352. The molecule has 0 aromatic rings. The predicted molar refractivity (Wildman–Crippen MR) is 112 cm³/mol. The SMILES string of the molecule is C=CC(=O)ON(CCC(C)(C)CC(C)CN(OC(=O)C=C)C(=O)OCC)C(=O)OCC. The van der Waals surface area contributed by atoms with E-state index in [2.05, 4.69) is 13.2 Å². The summed E-state index contributed by atoms with van der Waals surface area (Å²) in [6.07, 6.45) is 1.43. The molecule has 1 atom stereocenters. The number of rotatable bonds is 11. The van der Waals surface area contributed by atoms with Crippen LogP contribution in [0.15, 0.2) is 25.3 Å². The van der Waals surface area contributed by atoms with Crippen LogP contribution in [0.25, 0.3) is 0 Å². The molecule has 0 fully saturated rings. The molecule has 0 spiro atoms. The van der Waals surface area contributed by atoms with Gasteiger partial charge in [-0.15, -0.1) is 10.1 Å². The number of nitrogens with zero attached hydrogens (tertiary/aromatic N) is 2. The number of carbonyl (C=O) groups excluding carboxylic acids is 4. The third kappa shape index (κ3) is 11.7. The van der Waals surface area contributed by atoms with Crippen LogP contribution in [-0.2, 0) is 28.7 Å². The lowest BCUT2D eigenvalue weighted by atomic mass is 9.80. The van der Waals surface area contributed by atoms with Crippen molar-refractivity contribution in [3.8, 4) is 0 Å². The van der Waals surface area contributed by atoms with Gasteiger partial charge in [-0.1, -0.05) is 33.9 Å². The molecule has 31 heavy (non-hydrogen) atoms. The molecule has 2 amide bonds. The molecule has 0 heterocycles. The molecule has 0 aliphatic rings. The van der Waals surface area contributed by atoms with Crippen LogP contribution < -0.4 is 0 Å². The van der Waals surface area contributed by atoms with E-state index in [0.717, 1.165) is 22.3 Å². The highest BCUT2D eigenvalue weighted by Gasteiger charge is 2.29. The van der Waals surface area contributed by atoms with Crippen LogP contribution in [0.4, 0.5) is 9.59 Å². The van der Waals surface area contributed by atoms with Gasteiger partial charge in [-0.25, -0.2) is 19.2 Å². The standard InChI is InChI=1S/C21H34N2O8/c1-8-17(24)30-22(19(26)28-10-3)13-12-21(6,7)14-16(5)15-23(20(27)29-11-4)31-18(25)9-2/h8-9,16H,1-2,10-15H2,3-7H3. The van der Waals surface area contributed by atoms with Crippen molar-refractivity contribution < 1.29 is 38.3 Å². The third-order valence-electron chi connectivity index (χ3n) is 4.05. The van der Waals surface area contributed by atoms with Crippen molar-refractivity contribution in [1.29, 1.82) is 0 Å². The van der Waals surface area contributed by atoms with Crippen LogP contribution in [0.5, 0.6) is 0 Å². The number of amides is 2. The first kappa shape index (κ1) is 28.0. The van der Waals surface area contributed by atoms with Crippen molar-refractivity contribution in [3.63, 3.8) is 0 Å². The Morgan fingerprint density at radius 2 is 1.35 bits per heavy atom. The lowest BCUT2D eigenvalue weighted by Gasteiger charge is -2.31. The first-order chi connectivity index (χ1) is 14.5. The molecule has 0 N–H and O–H groups in total. The second-order valence-corrected chi connectivity index (χ2v) is 7.51. The van der Waals surface area contributed by atoms with E-state index in [4.69, 9.17) is 19.1 Å². The van der Waals surface area contributed by atoms with Gasteiger partial charge in [-0.3, -0.25) is 0 Å². The highest BCUT2D eigenvalue weighted by molar-refractivity contribution is 5.82. The Kier molecular flexibility index (Phi) is 12.7. The zero-order valence-corrected chi connectivity index (χ0v) is 19.0. The van der Waals surface area contributed by atoms with Gasteiger partial charge in [-0.2, -0.15) is 0 Å². The summed E-state index contributed by atoms with van der Waals surface area (Å²) in [5, 5.41) is 1.72. The lowest BCUT2D eigenvalue weighted by Crippen LogP contribution is -2.39. The van der Waals surface area contributed by atoms with Crippen LogP contribution in [0.3, 0.4) is 0 Å². The summed E-state index contributed by atoms with van der Waals surface area (Å²) in [5.74, 6) is -1.63. The molecule has 10 nitrogen and oxygen atoms in total. The predicted octanol–water partition coefficient (Wildman–Crippen LogP) is 3.63. The van der Waals surface area contributed by atoms with Crippen molar-refractivity contribution in [2.75, 3.05) is 26.3 Å². The Hall–Kier alpha value is -3.04. The van der Waals surface area contributed by atoms with Gasteiger partial charge in [-0.05, 0) is 38.0 Å². The van der Waals surface area contributed by atoms with E-state index in [1.807, 2.05) is 20.8 Å². The zero-order chi connectivity index (χ0) is 24.0. The minimum atomic E-state index is -0.772. The van der Waals surface area contributed by atoms with Gasteiger partial charge in [0.2, 0.25) is 0 Å². The van der Waals surface area contributed by atoms with E-state index in [1.54, 1.807) is 13.8 Å². The van der Waals surface area contributed by atoms with Gasteiger partial charge in [0.15, 0.2) is 0 Å². The number of hydroxylamine groups is 4. The van der Waals surface area contributed by atoms with E-state index >= 15 is 0 Å². The molecule has 0 saturated carbocycles. The fraction of sp³-hybridized carbons (Fsp3) is 0.619. The Bertz CT molecular complexity index is 647. The van der Waals surface area contributed by atoms with E-state index in [9.17, 15) is 19.2 Å². The summed E-state index contributed by atoms with van der Waals surface area (Å²) in [7, 11) is 0. The van der Waals surface area contributed by atoms with Gasteiger partial charge in [0.1, 0.15) is 0 Å². The van der Waals surface area contributed by atoms with Crippen molar-refractivity contribution in [2.24, 2.45) is 11.3 Å². The lowest BCUT2D eigenvalue weighted by molar-refractivity contribution is -0.178. The molecule has 176 valence electrons. The smallest absolute Gasteiger partial charge is 0.443 e. The highest BCUT2D eigenvalue weighted by Crippen LogP contribution is 2.30. The minimum absolute atomic E-state index is 0.0937. The number of ether oxygens (including phenoxy) is 2. The minimum Gasteiger partial charge on any atom is -0.448 e. The fourth-order valence-electron chi connectivity index (χ4n) is 2.80. The largest absolute Gasteiger partial charge is 0.448 e. The summed E-state index contributed by atoms with van der Waals surface area (Å²) < 4.78 is 9.82. The summed E-state index contributed by atoms with van der Waals surface area (Å²) >= 11 is 0. The normalized spacial score (nSPS) is 11.5. The molecular weight excluding hydrogens is 408 g/mol. The maximum absolute atomic E-state index is 12.1. The van der Waals surface area contributed by atoms with E-state index in [-0.39, 0.29) is 37.6 Å². The molecule has 0 saturated heterocycles. The van der Waals surface area contributed by atoms with Gasteiger partial charge in [0.05, 0.1) is 26.3 Å². The number of hydrogen-bond donors (Lipinski definition) is 0. The highest BCUT2D eigenvalue weighted by atomic mass is 16.8.